The Morgan fingerprint density at radius 2 is 1.60 bits per heavy atom. The average Bonchev–Trinajstić information content (AvgIpc) is 2.64. The van der Waals surface area contributed by atoms with Crippen LogP contribution in [-0.4, -0.2) is 35.2 Å². The average molecular weight is 211 g/mol. The van der Waals surface area contributed by atoms with E-state index in [1.54, 1.807) is 0 Å². The van der Waals surface area contributed by atoms with Crippen LogP contribution >= 0.6 is 0 Å². The SMILES string of the molecule is CC1CCCCC1N(C)[C@H]1CCC[C@@H]1O. The monoisotopic (exact) mass is 211 g/mol. The molecule has 2 unspecified atom stereocenters. The lowest BCUT2D eigenvalue weighted by molar-refractivity contribution is 0.0320. The number of aliphatic hydroxyl groups is 1. The predicted octanol–water partition coefficient (Wildman–Crippen LogP) is 2.41. The Labute approximate surface area is 93.7 Å². The van der Waals surface area contributed by atoms with Gasteiger partial charge in [-0.05, 0) is 45.1 Å². The predicted molar refractivity (Wildman–Crippen MR) is 62.8 cm³/mol. The summed E-state index contributed by atoms with van der Waals surface area (Å²) in [5.41, 5.74) is 0. The van der Waals surface area contributed by atoms with Gasteiger partial charge in [-0.3, -0.25) is 4.90 Å². The second-order valence-electron chi connectivity index (χ2n) is 5.56. The van der Waals surface area contributed by atoms with Gasteiger partial charge in [-0.1, -0.05) is 19.8 Å². The molecule has 1 N–H and O–H groups in total. The van der Waals surface area contributed by atoms with Crippen molar-refractivity contribution in [2.45, 2.75) is 70.1 Å². The molecule has 0 heterocycles. The number of nitrogens with zero attached hydrogens (tertiary/aromatic N) is 1. The highest BCUT2D eigenvalue weighted by Gasteiger charge is 2.34. The molecule has 0 aliphatic heterocycles. The summed E-state index contributed by atoms with van der Waals surface area (Å²) < 4.78 is 0. The van der Waals surface area contributed by atoms with Crippen LogP contribution in [0.15, 0.2) is 0 Å². The molecule has 0 bridgehead atoms. The van der Waals surface area contributed by atoms with Gasteiger partial charge in [0.15, 0.2) is 0 Å². The molecule has 0 spiro atoms. The molecule has 0 saturated heterocycles. The molecule has 4 atom stereocenters. The van der Waals surface area contributed by atoms with Crippen molar-refractivity contribution in [2.75, 3.05) is 7.05 Å². The van der Waals surface area contributed by atoms with E-state index in [9.17, 15) is 5.11 Å². The van der Waals surface area contributed by atoms with E-state index in [4.69, 9.17) is 0 Å². The first-order valence-corrected chi connectivity index (χ1v) is 6.60. The lowest BCUT2D eigenvalue weighted by atomic mass is 9.84. The molecule has 2 nitrogen and oxygen atoms in total. The van der Waals surface area contributed by atoms with E-state index in [1.807, 2.05) is 0 Å². The van der Waals surface area contributed by atoms with Crippen LogP contribution < -0.4 is 0 Å². The fourth-order valence-corrected chi connectivity index (χ4v) is 3.54. The molecule has 2 aliphatic rings. The van der Waals surface area contributed by atoms with Crippen LogP contribution in [0, 0.1) is 5.92 Å². The minimum absolute atomic E-state index is 0.0656. The van der Waals surface area contributed by atoms with Gasteiger partial charge < -0.3 is 5.11 Å². The maximum atomic E-state index is 9.93. The molecule has 2 rings (SSSR count). The second kappa shape index (κ2) is 4.84. The number of hydrogen-bond acceptors (Lipinski definition) is 2. The van der Waals surface area contributed by atoms with Crippen molar-refractivity contribution >= 4 is 0 Å². The van der Waals surface area contributed by atoms with Crippen LogP contribution in [0.25, 0.3) is 0 Å². The van der Waals surface area contributed by atoms with Crippen LogP contribution in [0.4, 0.5) is 0 Å². The largest absolute Gasteiger partial charge is 0.391 e. The topological polar surface area (TPSA) is 23.5 Å². The highest BCUT2D eigenvalue weighted by molar-refractivity contribution is 4.89. The Morgan fingerprint density at radius 1 is 0.933 bits per heavy atom. The van der Waals surface area contributed by atoms with Crippen LogP contribution in [0.1, 0.15) is 51.9 Å². The summed E-state index contributed by atoms with van der Waals surface area (Å²) in [5, 5.41) is 9.93. The van der Waals surface area contributed by atoms with E-state index in [1.165, 1.54) is 38.5 Å². The third-order valence-electron chi connectivity index (χ3n) is 4.56. The van der Waals surface area contributed by atoms with Crippen molar-refractivity contribution in [1.29, 1.82) is 0 Å². The molecule has 2 aliphatic carbocycles. The molecule has 15 heavy (non-hydrogen) atoms. The van der Waals surface area contributed by atoms with Crippen LogP contribution in [-0.2, 0) is 0 Å². The molecule has 0 aromatic rings. The summed E-state index contributed by atoms with van der Waals surface area (Å²) in [7, 11) is 2.23. The molecule has 0 radical (unpaired) electrons. The molecule has 0 aromatic heterocycles. The number of aliphatic hydroxyl groups excluding tert-OH is 1. The van der Waals surface area contributed by atoms with Crippen molar-refractivity contribution in [3.63, 3.8) is 0 Å². The van der Waals surface area contributed by atoms with Gasteiger partial charge in [0.2, 0.25) is 0 Å². The summed E-state index contributed by atoms with van der Waals surface area (Å²) in [4.78, 5) is 2.49. The molecule has 0 aromatic carbocycles. The first kappa shape index (κ1) is 11.4. The van der Waals surface area contributed by atoms with Crippen molar-refractivity contribution in [3.8, 4) is 0 Å². The summed E-state index contributed by atoms with van der Waals surface area (Å²) in [6.07, 6.45) is 8.83. The van der Waals surface area contributed by atoms with Crippen molar-refractivity contribution in [2.24, 2.45) is 5.92 Å². The molecular formula is C13H25NO. The van der Waals surface area contributed by atoms with Crippen LogP contribution in [0.3, 0.4) is 0 Å². The summed E-state index contributed by atoms with van der Waals surface area (Å²) >= 11 is 0. The summed E-state index contributed by atoms with van der Waals surface area (Å²) in [6.45, 7) is 2.38. The Morgan fingerprint density at radius 3 is 2.20 bits per heavy atom. The summed E-state index contributed by atoms with van der Waals surface area (Å²) in [5.74, 6) is 0.816. The van der Waals surface area contributed by atoms with Gasteiger partial charge in [-0.2, -0.15) is 0 Å². The minimum atomic E-state index is -0.0656. The Kier molecular flexibility index (Phi) is 3.68. The van der Waals surface area contributed by atoms with E-state index in [-0.39, 0.29) is 6.10 Å². The van der Waals surface area contributed by atoms with Gasteiger partial charge in [-0.25, -0.2) is 0 Å². The van der Waals surface area contributed by atoms with E-state index >= 15 is 0 Å². The molecule has 2 saturated carbocycles. The van der Waals surface area contributed by atoms with Gasteiger partial charge in [0, 0.05) is 12.1 Å². The highest BCUT2D eigenvalue weighted by Crippen LogP contribution is 2.32. The second-order valence-corrected chi connectivity index (χ2v) is 5.56. The first-order chi connectivity index (χ1) is 7.20. The maximum Gasteiger partial charge on any atom is 0.0695 e. The van der Waals surface area contributed by atoms with E-state index in [0.717, 1.165) is 18.4 Å². The number of rotatable bonds is 2. The molecular weight excluding hydrogens is 186 g/mol. The minimum Gasteiger partial charge on any atom is -0.391 e. The fraction of sp³-hybridized carbons (Fsp3) is 1.00. The van der Waals surface area contributed by atoms with Gasteiger partial charge in [-0.15, -0.1) is 0 Å². The molecule has 2 fully saturated rings. The number of hydrogen-bond donors (Lipinski definition) is 1. The fourth-order valence-electron chi connectivity index (χ4n) is 3.54. The standard InChI is InChI=1S/C13H25NO/c1-10-6-3-4-7-11(10)14(2)12-8-5-9-13(12)15/h10-13,15H,3-9H2,1-2H3/t10?,11?,12-,13-/m0/s1. The zero-order valence-corrected chi connectivity index (χ0v) is 10.2. The van der Waals surface area contributed by atoms with E-state index < -0.39 is 0 Å². The molecule has 2 heteroatoms. The van der Waals surface area contributed by atoms with Crippen molar-refractivity contribution in [1.82, 2.24) is 4.90 Å². The third-order valence-corrected chi connectivity index (χ3v) is 4.56. The highest BCUT2D eigenvalue weighted by atomic mass is 16.3. The normalized spacial score (nSPS) is 42.4. The zero-order chi connectivity index (χ0) is 10.8. The van der Waals surface area contributed by atoms with Gasteiger partial charge in [0.1, 0.15) is 0 Å². The van der Waals surface area contributed by atoms with Gasteiger partial charge in [0.05, 0.1) is 6.10 Å². The third kappa shape index (κ3) is 2.36. The maximum absolute atomic E-state index is 9.93. The van der Waals surface area contributed by atoms with E-state index in [2.05, 4.69) is 18.9 Å². The summed E-state index contributed by atoms with van der Waals surface area (Å²) in [6, 6.07) is 1.16. The Hall–Kier alpha value is -0.0800. The first-order valence-electron chi connectivity index (χ1n) is 6.60. The Balaban J connectivity index is 1.96. The Bertz CT molecular complexity index is 207. The lowest BCUT2D eigenvalue weighted by Gasteiger charge is -2.40. The van der Waals surface area contributed by atoms with Gasteiger partial charge >= 0.3 is 0 Å². The quantitative estimate of drug-likeness (QED) is 0.758. The van der Waals surface area contributed by atoms with Crippen molar-refractivity contribution in [3.05, 3.63) is 0 Å². The van der Waals surface area contributed by atoms with Crippen molar-refractivity contribution < 1.29 is 5.11 Å². The zero-order valence-electron chi connectivity index (χ0n) is 10.2. The molecule has 0 amide bonds. The smallest absolute Gasteiger partial charge is 0.0695 e. The lowest BCUT2D eigenvalue weighted by Crippen LogP contribution is -2.47. The van der Waals surface area contributed by atoms with Crippen LogP contribution in [0.2, 0.25) is 0 Å². The molecule has 88 valence electrons. The van der Waals surface area contributed by atoms with E-state index in [0.29, 0.717) is 6.04 Å². The number of likely N-dealkylation sites (N-methyl/N-ethyl adjacent to an activating group) is 1. The van der Waals surface area contributed by atoms with Crippen LogP contribution in [0.5, 0.6) is 0 Å². The van der Waals surface area contributed by atoms with Gasteiger partial charge in [0.25, 0.3) is 0 Å².